The molecule has 9 heteroatoms. The molecule has 0 saturated heterocycles. The molecule has 0 aliphatic rings. The minimum atomic E-state index is -1.23. The fourth-order valence-corrected chi connectivity index (χ4v) is 1.79. The van der Waals surface area contributed by atoms with Crippen molar-refractivity contribution in [2.45, 2.75) is 0 Å². The molecule has 0 aromatic heterocycles. The molecule has 0 atom stereocenters. The summed E-state index contributed by atoms with van der Waals surface area (Å²) in [4.78, 5) is 19.8. The van der Waals surface area contributed by atoms with Crippen LogP contribution in [-0.4, -0.2) is 27.0 Å². The maximum atomic E-state index is 9.91. The summed E-state index contributed by atoms with van der Waals surface area (Å²) in [5, 5.41) is 19.8. The first-order chi connectivity index (χ1) is 5.52. The summed E-state index contributed by atoms with van der Waals surface area (Å²) in [7, 11) is 0. The van der Waals surface area contributed by atoms with E-state index in [1.54, 1.807) is 0 Å². The molecule has 0 aliphatic carbocycles. The zero-order chi connectivity index (χ0) is 9.56. The van der Waals surface area contributed by atoms with E-state index < -0.39 is 11.9 Å². The van der Waals surface area contributed by atoms with Gasteiger partial charge in [-0.3, -0.25) is 0 Å². The van der Waals surface area contributed by atoms with Crippen LogP contribution in [0, 0.1) is 0 Å². The maximum Gasteiger partial charge on any atom is 1.00 e. The Balaban J connectivity index is -0.000000605. The van der Waals surface area contributed by atoms with Crippen molar-refractivity contribution in [2.75, 3.05) is 11.5 Å². The number of thiocarbonyl (C=S) groups is 1. The number of rotatable bonds is 4. The molecule has 68 valence electrons. The van der Waals surface area contributed by atoms with E-state index in [1.807, 2.05) is 0 Å². The zero-order valence-electron chi connectivity index (χ0n) is 7.77. The van der Waals surface area contributed by atoms with E-state index >= 15 is 0 Å². The van der Waals surface area contributed by atoms with E-state index in [0.29, 0.717) is 0 Å². The summed E-state index contributed by atoms with van der Waals surface area (Å²) < 4.78 is 0.267. The fourth-order valence-electron chi connectivity index (χ4n) is 0.277. The Bertz CT molecular complexity index is 191. The number of aliphatic carboxylic acids is 2. The van der Waals surface area contributed by atoms with Gasteiger partial charge in [0.15, 0.2) is 0 Å². The Morgan fingerprint density at radius 3 is 1.50 bits per heavy atom. The van der Waals surface area contributed by atoms with E-state index in [0.717, 1.165) is 23.5 Å². The second-order valence-corrected chi connectivity index (χ2v) is 4.73. The van der Waals surface area contributed by atoms with Crippen molar-refractivity contribution in [3.63, 3.8) is 0 Å². The molecule has 14 heavy (non-hydrogen) atoms. The number of carbonyl (C=O) groups is 2. The number of hydrogen-bond acceptors (Lipinski definition) is 7. The van der Waals surface area contributed by atoms with Gasteiger partial charge in [-0.05, 0) is 0 Å². The van der Waals surface area contributed by atoms with Gasteiger partial charge in [0.1, 0.15) is 3.53 Å². The van der Waals surface area contributed by atoms with Crippen molar-refractivity contribution in [1.82, 2.24) is 0 Å². The minimum absolute atomic E-state index is 0. The van der Waals surface area contributed by atoms with E-state index in [4.69, 9.17) is 0 Å². The molecule has 0 rings (SSSR count). The molecule has 0 aliphatic heterocycles. The van der Waals surface area contributed by atoms with Gasteiger partial charge >= 0.3 is 37.7 Å². The third-order valence-corrected chi connectivity index (χ3v) is 3.26. The smallest absolute Gasteiger partial charge is 0.549 e. The van der Waals surface area contributed by atoms with Crippen LogP contribution in [0.5, 0.6) is 0 Å². The van der Waals surface area contributed by atoms with Gasteiger partial charge in [0.25, 0.3) is 0 Å². The molecule has 0 unspecified atom stereocenters. The third kappa shape index (κ3) is 15.4. The summed E-state index contributed by atoms with van der Waals surface area (Å²) >= 11 is 6.37. The van der Waals surface area contributed by atoms with Gasteiger partial charge in [-0.2, -0.15) is 0 Å². The number of carboxylic acid groups (broad SMARTS) is 2. The molecule has 0 amide bonds. The second-order valence-electron chi connectivity index (χ2n) is 1.57. The SMILES string of the molecule is O=C([O-])CSC(=S)SCC(=O)[O-].[Li+].[Li+]. The summed E-state index contributed by atoms with van der Waals surface area (Å²) in [5.74, 6) is -2.95. The molecular weight excluding hydrogens is 234 g/mol. The Kier molecular flexibility index (Phi) is 17.4. The van der Waals surface area contributed by atoms with Crippen LogP contribution in [0.4, 0.5) is 0 Å². The molecule has 0 radical (unpaired) electrons. The van der Waals surface area contributed by atoms with Crippen LogP contribution in [0.15, 0.2) is 0 Å². The topological polar surface area (TPSA) is 80.3 Å². The van der Waals surface area contributed by atoms with Gasteiger partial charge in [0.05, 0.1) is 11.9 Å². The first-order valence-corrected chi connectivity index (χ1v) is 5.09. The van der Waals surface area contributed by atoms with Gasteiger partial charge in [0, 0.05) is 11.5 Å². The van der Waals surface area contributed by atoms with E-state index in [-0.39, 0.29) is 52.8 Å². The molecule has 0 N–H and O–H groups in total. The molecule has 0 bridgehead atoms. The van der Waals surface area contributed by atoms with Crippen LogP contribution < -0.4 is 47.9 Å². The number of thioether (sulfide) groups is 2. The predicted octanol–water partition coefficient (Wildman–Crippen LogP) is -7.75. The third-order valence-electron chi connectivity index (χ3n) is 0.616. The Morgan fingerprint density at radius 2 is 1.29 bits per heavy atom. The van der Waals surface area contributed by atoms with Gasteiger partial charge in [-0.15, -0.1) is 23.5 Å². The van der Waals surface area contributed by atoms with Crippen molar-refractivity contribution < 1.29 is 57.5 Å². The predicted molar refractivity (Wildman–Crippen MR) is 47.5 cm³/mol. The molecule has 0 fully saturated rings. The Morgan fingerprint density at radius 1 is 1.00 bits per heavy atom. The van der Waals surface area contributed by atoms with Crippen LogP contribution in [0.3, 0.4) is 0 Å². The molecule has 0 aromatic rings. The van der Waals surface area contributed by atoms with E-state index in [9.17, 15) is 19.8 Å². The standard InChI is InChI=1S/C5H6O4S3.2Li/c6-3(7)1-11-5(10)12-2-4(8)9;;/h1-2H2,(H,6,7)(H,8,9);;/q;2*+1/p-2. The van der Waals surface area contributed by atoms with Crippen molar-refractivity contribution in [3.8, 4) is 0 Å². The van der Waals surface area contributed by atoms with Crippen molar-refractivity contribution in [1.29, 1.82) is 0 Å². The Hall–Kier alpha value is 0.925. The van der Waals surface area contributed by atoms with Crippen LogP contribution >= 0.6 is 35.7 Å². The summed E-state index contributed by atoms with van der Waals surface area (Å²) in [6, 6.07) is 0. The summed E-state index contributed by atoms with van der Waals surface area (Å²) in [6.45, 7) is 0. The molecule has 4 nitrogen and oxygen atoms in total. The first kappa shape index (κ1) is 20.4. The van der Waals surface area contributed by atoms with E-state index in [2.05, 4.69) is 12.2 Å². The summed E-state index contributed by atoms with van der Waals surface area (Å²) in [5.41, 5.74) is 0. The van der Waals surface area contributed by atoms with Crippen LogP contribution in [0.2, 0.25) is 0 Å². The molecule has 0 aromatic carbocycles. The monoisotopic (exact) mass is 238 g/mol. The summed E-state index contributed by atoms with van der Waals surface area (Å²) in [6.07, 6.45) is 0. The van der Waals surface area contributed by atoms with E-state index in [1.165, 1.54) is 0 Å². The van der Waals surface area contributed by atoms with Gasteiger partial charge in [-0.1, -0.05) is 12.2 Å². The van der Waals surface area contributed by atoms with Gasteiger partial charge in [-0.25, -0.2) is 0 Å². The number of carboxylic acids is 2. The molecule has 0 saturated carbocycles. The normalized spacial score (nSPS) is 8.00. The quantitative estimate of drug-likeness (QED) is 0.355. The second kappa shape index (κ2) is 12.0. The van der Waals surface area contributed by atoms with Crippen molar-refractivity contribution >= 4 is 51.2 Å². The minimum Gasteiger partial charge on any atom is -0.549 e. The number of carbonyl (C=O) groups excluding carboxylic acids is 2. The average Bonchev–Trinajstić information content (AvgIpc) is 1.96. The fraction of sp³-hybridized carbons (Fsp3) is 0.400. The maximum absolute atomic E-state index is 9.91. The Labute approximate surface area is 119 Å². The molecule has 0 heterocycles. The largest absolute Gasteiger partial charge is 1.00 e. The van der Waals surface area contributed by atoms with Crippen molar-refractivity contribution in [2.24, 2.45) is 0 Å². The van der Waals surface area contributed by atoms with Gasteiger partial charge in [0.2, 0.25) is 0 Å². The van der Waals surface area contributed by atoms with Crippen LogP contribution in [0.1, 0.15) is 0 Å². The first-order valence-electron chi connectivity index (χ1n) is 2.71. The van der Waals surface area contributed by atoms with Crippen molar-refractivity contribution in [3.05, 3.63) is 0 Å². The van der Waals surface area contributed by atoms with Gasteiger partial charge < -0.3 is 19.8 Å². The zero-order valence-corrected chi connectivity index (χ0v) is 10.2. The van der Waals surface area contributed by atoms with Crippen LogP contribution in [0.25, 0.3) is 0 Å². The number of hydrogen-bond donors (Lipinski definition) is 0. The molecular formula is C5H4Li2O4S3. The average molecular weight is 238 g/mol. The van der Waals surface area contributed by atoms with Crippen LogP contribution in [-0.2, 0) is 9.59 Å². The molecule has 0 spiro atoms.